The maximum atomic E-state index is 13.5. The van der Waals surface area contributed by atoms with E-state index in [1.54, 1.807) is 36.4 Å². The zero-order chi connectivity index (χ0) is 19.4. The van der Waals surface area contributed by atoms with Crippen LogP contribution in [0.3, 0.4) is 0 Å². The molecule has 1 heterocycles. The lowest BCUT2D eigenvalue weighted by Crippen LogP contribution is -2.31. The van der Waals surface area contributed by atoms with Crippen molar-refractivity contribution in [2.45, 2.75) is 17.1 Å². The molecule has 3 rings (SSSR count). The van der Waals surface area contributed by atoms with Gasteiger partial charge >= 0.3 is 0 Å². The lowest BCUT2D eigenvalue weighted by molar-refractivity contribution is 0.0953. The van der Waals surface area contributed by atoms with Gasteiger partial charge in [0.05, 0.1) is 11.2 Å². The highest BCUT2D eigenvalue weighted by molar-refractivity contribution is 7.91. The van der Waals surface area contributed by atoms with Crippen LogP contribution in [-0.2, 0) is 9.84 Å². The highest BCUT2D eigenvalue weighted by atomic mass is 32.2. The third-order valence-corrected chi connectivity index (χ3v) is 6.24. The minimum absolute atomic E-state index is 0.0308. The normalized spacial score (nSPS) is 12.5. The van der Waals surface area contributed by atoms with Gasteiger partial charge in [-0.05, 0) is 55.0 Å². The van der Waals surface area contributed by atoms with Gasteiger partial charge in [-0.2, -0.15) is 0 Å². The van der Waals surface area contributed by atoms with Crippen molar-refractivity contribution in [3.8, 4) is 0 Å². The highest BCUT2D eigenvalue weighted by Crippen LogP contribution is 2.30. The number of aryl methyl sites for hydroxylation is 1. The molecule has 0 aliphatic heterocycles. The van der Waals surface area contributed by atoms with E-state index in [1.807, 2.05) is 0 Å². The molecular formula is C20H18FNO4S. The molecule has 0 fully saturated rings. The van der Waals surface area contributed by atoms with Crippen molar-refractivity contribution in [3.05, 3.63) is 89.6 Å². The molecule has 1 N–H and O–H groups in total. The van der Waals surface area contributed by atoms with Gasteiger partial charge < -0.3 is 9.73 Å². The summed E-state index contributed by atoms with van der Waals surface area (Å²) < 4.78 is 45.0. The first-order chi connectivity index (χ1) is 12.9. The molecule has 1 aromatic heterocycles. The molecule has 1 atom stereocenters. The van der Waals surface area contributed by atoms with Crippen LogP contribution in [0.2, 0.25) is 0 Å². The molecule has 0 radical (unpaired) electrons. The van der Waals surface area contributed by atoms with E-state index < -0.39 is 26.8 Å². The highest BCUT2D eigenvalue weighted by Gasteiger charge is 2.32. The fourth-order valence-electron chi connectivity index (χ4n) is 2.67. The zero-order valence-corrected chi connectivity index (χ0v) is 15.4. The number of sulfone groups is 1. The Morgan fingerprint density at radius 2 is 1.85 bits per heavy atom. The van der Waals surface area contributed by atoms with Gasteiger partial charge in [-0.3, -0.25) is 4.79 Å². The van der Waals surface area contributed by atoms with Crippen molar-refractivity contribution in [1.82, 2.24) is 5.32 Å². The second-order valence-electron chi connectivity index (χ2n) is 6.04. The lowest BCUT2D eigenvalue weighted by Gasteiger charge is -2.17. The maximum absolute atomic E-state index is 13.5. The van der Waals surface area contributed by atoms with Crippen molar-refractivity contribution in [3.63, 3.8) is 0 Å². The number of hydrogen-bond donors (Lipinski definition) is 1. The molecular weight excluding hydrogens is 369 g/mol. The van der Waals surface area contributed by atoms with Crippen LogP contribution < -0.4 is 5.32 Å². The predicted molar refractivity (Wildman–Crippen MR) is 98.5 cm³/mol. The zero-order valence-electron chi connectivity index (χ0n) is 14.6. The number of halogens is 1. The van der Waals surface area contributed by atoms with E-state index in [9.17, 15) is 17.6 Å². The molecule has 0 spiro atoms. The summed E-state index contributed by atoms with van der Waals surface area (Å²) in [5.41, 5.74) is 0.647. The topological polar surface area (TPSA) is 76.4 Å². The second kappa shape index (κ2) is 7.75. The number of furan rings is 1. The number of carbonyl (C=O) groups excluding carboxylic acids is 1. The van der Waals surface area contributed by atoms with Crippen LogP contribution >= 0.6 is 0 Å². The quantitative estimate of drug-likeness (QED) is 0.655. The number of nitrogens with one attached hydrogen (secondary N) is 1. The van der Waals surface area contributed by atoms with E-state index in [0.29, 0.717) is 5.56 Å². The van der Waals surface area contributed by atoms with Gasteiger partial charge in [0.2, 0.25) is 0 Å². The second-order valence-corrected chi connectivity index (χ2v) is 8.17. The molecule has 27 heavy (non-hydrogen) atoms. The summed E-state index contributed by atoms with van der Waals surface area (Å²) >= 11 is 0. The Labute approximate surface area is 156 Å². The number of carbonyl (C=O) groups is 1. The van der Waals surface area contributed by atoms with Crippen LogP contribution in [0, 0.1) is 12.7 Å². The average molecular weight is 387 g/mol. The number of rotatable bonds is 6. The SMILES string of the molecule is Cc1cc(S(=O)(=O)[C@H](CNC(=O)c2ccccc2)c2ccco2)ccc1F. The van der Waals surface area contributed by atoms with Crippen molar-refractivity contribution < 1.29 is 22.0 Å². The Hall–Kier alpha value is -2.93. The Morgan fingerprint density at radius 3 is 2.48 bits per heavy atom. The van der Waals surface area contributed by atoms with Gasteiger partial charge in [0, 0.05) is 12.1 Å². The van der Waals surface area contributed by atoms with Crippen molar-refractivity contribution in [2.75, 3.05) is 6.54 Å². The maximum Gasteiger partial charge on any atom is 0.251 e. The summed E-state index contributed by atoms with van der Waals surface area (Å²) in [6, 6.07) is 15.2. The van der Waals surface area contributed by atoms with Crippen LogP contribution in [0.15, 0.2) is 76.2 Å². The first-order valence-corrected chi connectivity index (χ1v) is 9.81. The first-order valence-electron chi connectivity index (χ1n) is 8.26. The summed E-state index contributed by atoms with van der Waals surface area (Å²) in [7, 11) is -3.92. The molecule has 0 saturated carbocycles. The Balaban J connectivity index is 1.90. The summed E-state index contributed by atoms with van der Waals surface area (Å²) in [4.78, 5) is 12.3. The minimum Gasteiger partial charge on any atom is -0.468 e. The molecule has 0 bridgehead atoms. The summed E-state index contributed by atoms with van der Waals surface area (Å²) in [6.07, 6.45) is 1.37. The fourth-order valence-corrected chi connectivity index (χ4v) is 4.34. The van der Waals surface area contributed by atoms with Gasteiger partial charge in [-0.15, -0.1) is 0 Å². The van der Waals surface area contributed by atoms with E-state index >= 15 is 0 Å². The van der Waals surface area contributed by atoms with Crippen LogP contribution in [-0.4, -0.2) is 20.9 Å². The summed E-state index contributed by atoms with van der Waals surface area (Å²) in [6.45, 7) is 1.31. The van der Waals surface area contributed by atoms with Crippen LogP contribution in [0.4, 0.5) is 4.39 Å². The molecule has 0 unspecified atom stereocenters. The number of hydrogen-bond acceptors (Lipinski definition) is 4. The monoisotopic (exact) mass is 387 g/mol. The third kappa shape index (κ3) is 4.09. The van der Waals surface area contributed by atoms with Gasteiger partial charge in [-0.25, -0.2) is 12.8 Å². The Morgan fingerprint density at radius 1 is 1.11 bits per heavy atom. The van der Waals surface area contributed by atoms with Gasteiger partial charge in [0.15, 0.2) is 9.84 Å². The van der Waals surface area contributed by atoms with Crippen LogP contribution in [0.25, 0.3) is 0 Å². The summed E-state index contributed by atoms with van der Waals surface area (Å²) in [5.74, 6) is -0.677. The minimum atomic E-state index is -3.92. The predicted octanol–water partition coefficient (Wildman–Crippen LogP) is 3.67. The number of benzene rings is 2. The van der Waals surface area contributed by atoms with Gasteiger partial charge in [0.1, 0.15) is 16.8 Å². The molecule has 2 aromatic carbocycles. The lowest BCUT2D eigenvalue weighted by atomic mass is 10.2. The average Bonchev–Trinajstić information content (AvgIpc) is 3.18. The van der Waals surface area contributed by atoms with Crippen LogP contribution in [0.1, 0.15) is 26.9 Å². The van der Waals surface area contributed by atoms with E-state index in [0.717, 1.165) is 6.07 Å². The molecule has 5 nitrogen and oxygen atoms in total. The molecule has 0 aliphatic carbocycles. The molecule has 3 aromatic rings. The first kappa shape index (κ1) is 18.8. The van der Waals surface area contributed by atoms with E-state index in [1.165, 1.54) is 31.4 Å². The molecule has 0 aliphatic rings. The van der Waals surface area contributed by atoms with Crippen molar-refractivity contribution >= 4 is 15.7 Å². The molecule has 7 heteroatoms. The molecule has 0 saturated heterocycles. The number of amides is 1. The standard InChI is InChI=1S/C20H18FNO4S/c1-14-12-16(9-10-17(14)21)27(24,25)19(18-8-5-11-26-18)13-22-20(23)15-6-3-2-4-7-15/h2-12,19H,13H2,1H3,(H,22,23)/t19-/m1/s1. The third-order valence-electron chi connectivity index (χ3n) is 4.18. The Kier molecular flexibility index (Phi) is 5.41. The summed E-state index contributed by atoms with van der Waals surface area (Å²) in [5, 5.41) is 1.50. The van der Waals surface area contributed by atoms with Crippen LogP contribution in [0.5, 0.6) is 0 Å². The van der Waals surface area contributed by atoms with Crippen molar-refractivity contribution in [1.29, 1.82) is 0 Å². The molecule has 140 valence electrons. The smallest absolute Gasteiger partial charge is 0.251 e. The molecule has 1 amide bonds. The largest absolute Gasteiger partial charge is 0.468 e. The van der Waals surface area contributed by atoms with E-state index in [4.69, 9.17) is 4.42 Å². The van der Waals surface area contributed by atoms with Gasteiger partial charge in [0.25, 0.3) is 5.91 Å². The van der Waals surface area contributed by atoms with E-state index in [2.05, 4.69) is 5.32 Å². The van der Waals surface area contributed by atoms with Gasteiger partial charge in [-0.1, -0.05) is 18.2 Å². The fraction of sp³-hybridized carbons (Fsp3) is 0.150. The van der Waals surface area contributed by atoms with E-state index in [-0.39, 0.29) is 22.8 Å². The Bertz CT molecular complexity index is 1030. The van der Waals surface area contributed by atoms with Crippen molar-refractivity contribution in [2.24, 2.45) is 0 Å².